The van der Waals surface area contributed by atoms with Crippen LogP contribution >= 0.6 is 0 Å². The summed E-state index contributed by atoms with van der Waals surface area (Å²) < 4.78 is 5.35. The number of benzene rings is 2. The summed E-state index contributed by atoms with van der Waals surface area (Å²) in [4.78, 5) is 4.45. The molecule has 0 saturated heterocycles. The normalized spacial score (nSPS) is 10.7. The minimum atomic E-state index is 0.512. The molecule has 4 heteroatoms. The standard InChI is InChI=1S/C16H15N3O/c1-10-3-5-12(6-4-10)15-18-16(20-19-15)14-8-7-13(17)9-11(14)2/h3-9H,17H2,1-2H3. The van der Waals surface area contributed by atoms with E-state index in [2.05, 4.69) is 10.1 Å². The van der Waals surface area contributed by atoms with E-state index in [0.717, 1.165) is 22.4 Å². The molecule has 1 heterocycles. The maximum absolute atomic E-state index is 5.75. The summed E-state index contributed by atoms with van der Waals surface area (Å²) in [5.74, 6) is 1.11. The van der Waals surface area contributed by atoms with Crippen molar-refractivity contribution in [2.24, 2.45) is 0 Å². The van der Waals surface area contributed by atoms with E-state index in [1.165, 1.54) is 5.56 Å². The van der Waals surface area contributed by atoms with E-state index in [1.54, 1.807) is 0 Å². The fraction of sp³-hybridized carbons (Fsp3) is 0.125. The summed E-state index contributed by atoms with van der Waals surface area (Å²) >= 11 is 0. The first-order chi connectivity index (χ1) is 9.63. The maximum Gasteiger partial charge on any atom is 0.258 e. The second-order valence-corrected chi connectivity index (χ2v) is 4.86. The van der Waals surface area contributed by atoms with Crippen LogP contribution in [0.5, 0.6) is 0 Å². The van der Waals surface area contributed by atoms with Gasteiger partial charge in [0.2, 0.25) is 5.82 Å². The molecule has 0 aliphatic rings. The van der Waals surface area contributed by atoms with E-state index in [0.29, 0.717) is 11.7 Å². The Morgan fingerprint density at radius 2 is 1.75 bits per heavy atom. The molecule has 2 N–H and O–H groups in total. The van der Waals surface area contributed by atoms with Crippen molar-refractivity contribution in [1.82, 2.24) is 10.1 Å². The molecule has 1 aromatic heterocycles. The molecule has 0 aliphatic heterocycles. The lowest BCUT2D eigenvalue weighted by Crippen LogP contribution is -1.88. The molecule has 0 bridgehead atoms. The molecule has 20 heavy (non-hydrogen) atoms. The first-order valence-corrected chi connectivity index (χ1v) is 6.41. The van der Waals surface area contributed by atoms with Gasteiger partial charge in [-0.1, -0.05) is 35.0 Å². The fourth-order valence-corrected chi connectivity index (χ4v) is 2.08. The Labute approximate surface area is 117 Å². The molecule has 100 valence electrons. The van der Waals surface area contributed by atoms with Gasteiger partial charge in [0, 0.05) is 16.8 Å². The summed E-state index contributed by atoms with van der Waals surface area (Å²) in [7, 11) is 0. The van der Waals surface area contributed by atoms with Crippen molar-refractivity contribution in [1.29, 1.82) is 0 Å². The van der Waals surface area contributed by atoms with Crippen molar-refractivity contribution in [2.75, 3.05) is 5.73 Å². The Balaban J connectivity index is 1.99. The number of anilines is 1. The molecule has 2 aromatic carbocycles. The summed E-state index contributed by atoms with van der Waals surface area (Å²) in [6.07, 6.45) is 0. The molecule has 0 spiro atoms. The van der Waals surface area contributed by atoms with E-state index >= 15 is 0 Å². The van der Waals surface area contributed by atoms with Crippen LogP contribution in [0.25, 0.3) is 22.8 Å². The van der Waals surface area contributed by atoms with Crippen molar-refractivity contribution in [3.63, 3.8) is 0 Å². The van der Waals surface area contributed by atoms with Crippen molar-refractivity contribution >= 4 is 5.69 Å². The molecule has 0 unspecified atom stereocenters. The lowest BCUT2D eigenvalue weighted by molar-refractivity contribution is 0.432. The third-order valence-corrected chi connectivity index (χ3v) is 3.22. The van der Waals surface area contributed by atoms with Gasteiger partial charge >= 0.3 is 0 Å². The van der Waals surface area contributed by atoms with Crippen molar-refractivity contribution in [3.05, 3.63) is 53.6 Å². The molecule has 0 saturated carbocycles. The fourth-order valence-electron chi connectivity index (χ4n) is 2.08. The smallest absolute Gasteiger partial charge is 0.258 e. The molecule has 0 atom stereocenters. The zero-order chi connectivity index (χ0) is 14.1. The highest BCUT2D eigenvalue weighted by Crippen LogP contribution is 2.26. The summed E-state index contributed by atoms with van der Waals surface area (Å²) in [6, 6.07) is 13.7. The third kappa shape index (κ3) is 2.28. The zero-order valence-corrected chi connectivity index (χ0v) is 11.4. The summed E-state index contributed by atoms with van der Waals surface area (Å²) in [6.45, 7) is 4.02. The highest BCUT2D eigenvalue weighted by Gasteiger charge is 2.12. The van der Waals surface area contributed by atoms with Crippen LogP contribution in [-0.2, 0) is 0 Å². The highest BCUT2D eigenvalue weighted by molar-refractivity contribution is 5.65. The minimum absolute atomic E-state index is 0.512. The van der Waals surface area contributed by atoms with E-state index in [4.69, 9.17) is 10.3 Å². The van der Waals surface area contributed by atoms with Crippen LogP contribution in [0.4, 0.5) is 5.69 Å². The number of nitrogen functional groups attached to an aromatic ring is 1. The van der Waals surface area contributed by atoms with E-state index < -0.39 is 0 Å². The van der Waals surface area contributed by atoms with Crippen molar-refractivity contribution in [2.45, 2.75) is 13.8 Å². The van der Waals surface area contributed by atoms with Gasteiger partial charge in [-0.25, -0.2) is 0 Å². The van der Waals surface area contributed by atoms with Gasteiger partial charge in [0.05, 0.1) is 0 Å². The van der Waals surface area contributed by atoms with Crippen LogP contribution in [0.3, 0.4) is 0 Å². The van der Waals surface area contributed by atoms with Crippen LogP contribution in [-0.4, -0.2) is 10.1 Å². The largest absolute Gasteiger partial charge is 0.399 e. The average Bonchev–Trinajstić information content (AvgIpc) is 2.89. The Kier molecular flexibility index (Phi) is 2.99. The molecule has 0 fully saturated rings. The molecular weight excluding hydrogens is 250 g/mol. The molecule has 0 aliphatic carbocycles. The van der Waals surface area contributed by atoms with Gasteiger partial charge in [0.25, 0.3) is 5.89 Å². The molecule has 0 amide bonds. The first kappa shape index (κ1) is 12.4. The zero-order valence-electron chi connectivity index (χ0n) is 11.4. The predicted molar refractivity (Wildman–Crippen MR) is 79.1 cm³/mol. The van der Waals surface area contributed by atoms with Gasteiger partial charge in [-0.3, -0.25) is 0 Å². The van der Waals surface area contributed by atoms with Crippen molar-refractivity contribution in [3.8, 4) is 22.8 Å². The SMILES string of the molecule is Cc1ccc(-c2noc(-c3ccc(N)cc3C)n2)cc1. The van der Waals surface area contributed by atoms with E-state index in [1.807, 2.05) is 56.3 Å². The Hall–Kier alpha value is -2.62. The van der Waals surface area contributed by atoms with Gasteiger partial charge in [-0.05, 0) is 37.6 Å². The number of nitrogens with zero attached hydrogens (tertiary/aromatic N) is 2. The van der Waals surface area contributed by atoms with Crippen molar-refractivity contribution < 1.29 is 4.52 Å². The predicted octanol–water partition coefficient (Wildman–Crippen LogP) is 3.60. The second kappa shape index (κ2) is 4.81. The summed E-state index contributed by atoms with van der Waals surface area (Å²) in [5.41, 5.74) is 10.5. The molecule has 0 radical (unpaired) electrons. The number of nitrogens with two attached hydrogens (primary N) is 1. The number of hydrogen-bond acceptors (Lipinski definition) is 4. The van der Waals surface area contributed by atoms with E-state index in [-0.39, 0.29) is 0 Å². The Bertz CT molecular complexity index is 745. The summed E-state index contributed by atoms with van der Waals surface area (Å²) in [5, 5.41) is 4.04. The Morgan fingerprint density at radius 1 is 1.00 bits per heavy atom. The van der Waals surface area contributed by atoms with E-state index in [9.17, 15) is 0 Å². The minimum Gasteiger partial charge on any atom is -0.399 e. The van der Waals surface area contributed by atoms with Gasteiger partial charge in [0.1, 0.15) is 0 Å². The van der Waals surface area contributed by atoms with Gasteiger partial charge in [-0.2, -0.15) is 4.98 Å². The van der Waals surface area contributed by atoms with Crippen LogP contribution in [0.15, 0.2) is 47.0 Å². The third-order valence-electron chi connectivity index (χ3n) is 3.22. The monoisotopic (exact) mass is 265 g/mol. The van der Waals surface area contributed by atoms with Crippen LogP contribution in [0.1, 0.15) is 11.1 Å². The molecule has 3 aromatic rings. The molecule has 4 nitrogen and oxygen atoms in total. The second-order valence-electron chi connectivity index (χ2n) is 4.86. The number of aromatic nitrogens is 2. The van der Waals surface area contributed by atoms with Crippen LogP contribution in [0.2, 0.25) is 0 Å². The maximum atomic E-state index is 5.75. The lowest BCUT2D eigenvalue weighted by Gasteiger charge is -2.01. The van der Waals surface area contributed by atoms with Crippen LogP contribution < -0.4 is 5.73 Å². The topological polar surface area (TPSA) is 64.9 Å². The van der Waals surface area contributed by atoms with Gasteiger partial charge in [-0.15, -0.1) is 0 Å². The number of hydrogen-bond donors (Lipinski definition) is 1. The first-order valence-electron chi connectivity index (χ1n) is 6.41. The van der Waals surface area contributed by atoms with Gasteiger partial charge in [0.15, 0.2) is 0 Å². The lowest BCUT2D eigenvalue weighted by atomic mass is 10.1. The number of aryl methyl sites for hydroxylation is 2. The average molecular weight is 265 g/mol. The van der Waals surface area contributed by atoms with Gasteiger partial charge < -0.3 is 10.3 Å². The molecular formula is C16H15N3O. The van der Waals surface area contributed by atoms with Crippen LogP contribution in [0, 0.1) is 13.8 Å². The highest BCUT2D eigenvalue weighted by atomic mass is 16.5. The molecule has 3 rings (SSSR count). The Morgan fingerprint density at radius 3 is 2.45 bits per heavy atom. The quantitative estimate of drug-likeness (QED) is 0.719. The number of rotatable bonds is 2.